The molecule has 1 atom stereocenters. The number of nitrogens with one attached hydrogen (secondary N) is 2. The van der Waals surface area contributed by atoms with Gasteiger partial charge in [-0.25, -0.2) is 9.97 Å². The van der Waals surface area contributed by atoms with E-state index in [1.54, 1.807) is 12.1 Å². The summed E-state index contributed by atoms with van der Waals surface area (Å²) < 4.78 is 0. The molecule has 2 aromatic heterocycles. The molecular weight excluding hydrogens is 282 g/mol. The molecular formula is C12H12ClN5O2. The summed E-state index contributed by atoms with van der Waals surface area (Å²) in [5, 5.41) is 17.9. The number of anilines is 1. The van der Waals surface area contributed by atoms with Crippen LogP contribution in [0.5, 0.6) is 0 Å². The van der Waals surface area contributed by atoms with Crippen molar-refractivity contribution in [3.05, 3.63) is 33.6 Å². The average molecular weight is 294 g/mol. The first-order valence-corrected chi connectivity index (χ1v) is 6.60. The van der Waals surface area contributed by atoms with Gasteiger partial charge in [0.1, 0.15) is 22.6 Å². The highest BCUT2D eigenvalue weighted by Gasteiger charge is 2.23. The SMILES string of the molecule is O=[N+]([O-])c1cnc2ccc(Cl)nc2c1NC1CCNC1. The average Bonchev–Trinajstić information content (AvgIpc) is 2.92. The van der Waals surface area contributed by atoms with Crippen LogP contribution in [0.15, 0.2) is 18.3 Å². The minimum atomic E-state index is -0.459. The summed E-state index contributed by atoms with van der Waals surface area (Å²) in [5.74, 6) is 0. The van der Waals surface area contributed by atoms with E-state index in [9.17, 15) is 10.1 Å². The number of nitro groups is 1. The van der Waals surface area contributed by atoms with Crippen LogP contribution < -0.4 is 10.6 Å². The van der Waals surface area contributed by atoms with Crippen molar-refractivity contribution in [2.45, 2.75) is 12.5 Å². The van der Waals surface area contributed by atoms with Gasteiger partial charge in [0.2, 0.25) is 0 Å². The van der Waals surface area contributed by atoms with Gasteiger partial charge in [-0.3, -0.25) is 10.1 Å². The van der Waals surface area contributed by atoms with E-state index in [4.69, 9.17) is 11.6 Å². The van der Waals surface area contributed by atoms with Crippen LogP contribution >= 0.6 is 11.6 Å². The third-order valence-corrected chi connectivity index (χ3v) is 3.47. The third kappa shape index (κ3) is 2.37. The van der Waals surface area contributed by atoms with Crippen LogP contribution in [0.1, 0.15) is 6.42 Å². The predicted octanol–water partition coefficient (Wildman–Crippen LogP) is 1.97. The fourth-order valence-electron chi connectivity index (χ4n) is 2.30. The quantitative estimate of drug-likeness (QED) is 0.510. The van der Waals surface area contributed by atoms with Crippen LogP contribution in [0.25, 0.3) is 11.0 Å². The molecule has 1 aliphatic rings. The fraction of sp³-hybridized carbons (Fsp3) is 0.333. The van der Waals surface area contributed by atoms with Crippen molar-refractivity contribution in [2.75, 3.05) is 18.4 Å². The van der Waals surface area contributed by atoms with E-state index in [1.807, 2.05) is 0 Å². The number of pyridine rings is 2. The smallest absolute Gasteiger partial charge is 0.312 e. The first-order chi connectivity index (χ1) is 9.65. The minimum Gasteiger partial charge on any atom is -0.374 e. The van der Waals surface area contributed by atoms with Crippen molar-refractivity contribution in [1.29, 1.82) is 0 Å². The van der Waals surface area contributed by atoms with Gasteiger partial charge in [0, 0.05) is 12.6 Å². The van der Waals surface area contributed by atoms with Crippen LogP contribution in [-0.4, -0.2) is 34.0 Å². The molecule has 0 radical (unpaired) electrons. The highest BCUT2D eigenvalue weighted by molar-refractivity contribution is 6.29. The lowest BCUT2D eigenvalue weighted by Gasteiger charge is -2.14. The molecule has 1 aliphatic heterocycles. The summed E-state index contributed by atoms with van der Waals surface area (Å²) in [4.78, 5) is 19.0. The number of aromatic nitrogens is 2. The minimum absolute atomic E-state index is 0.0841. The maximum absolute atomic E-state index is 11.2. The molecule has 0 aromatic carbocycles. The van der Waals surface area contributed by atoms with Gasteiger partial charge in [-0.2, -0.15) is 0 Å². The maximum atomic E-state index is 11.2. The topological polar surface area (TPSA) is 93.0 Å². The number of fused-ring (bicyclic) bond motifs is 1. The van der Waals surface area contributed by atoms with Crippen molar-refractivity contribution < 1.29 is 4.92 Å². The Hall–Kier alpha value is -1.99. The zero-order chi connectivity index (χ0) is 14.1. The number of rotatable bonds is 3. The monoisotopic (exact) mass is 293 g/mol. The Bertz CT molecular complexity index is 672. The summed E-state index contributed by atoms with van der Waals surface area (Å²) in [6, 6.07) is 3.45. The standard InChI is InChI=1S/C12H12ClN5O2/c13-10-2-1-8-11(17-10)12(9(6-15-8)18(19)20)16-7-3-4-14-5-7/h1-2,6-7,14H,3-5H2,(H,15,16). The molecule has 3 heterocycles. The molecule has 0 saturated carbocycles. The molecule has 0 spiro atoms. The van der Waals surface area contributed by atoms with E-state index in [0.29, 0.717) is 16.7 Å². The Balaban J connectivity index is 2.14. The molecule has 1 saturated heterocycles. The van der Waals surface area contributed by atoms with Crippen molar-refractivity contribution in [2.24, 2.45) is 0 Å². The molecule has 20 heavy (non-hydrogen) atoms. The molecule has 0 aliphatic carbocycles. The second-order valence-electron chi connectivity index (χ2n) is 4.61. The summed E-state index contributed by atoms with van der Waals surface area (Å²) in [6.07, 6.45) is 2.16. The molecule has 0 bridgehead atoms. The van der Waals surface area contributed by atoms with Gasteiger partial charge in [-0.05, 0) is 25.1 Å². The molecule has 1 unspecified atom stereocenters. The molecule has 1 fully saturated rings. The Kier molecular flexibility index (Phi) is 3.37. The second-order valence-corrected chi connectivity index (χ2v) is 5.00. The van der Waals surface area contributed by atoms with Gasteiger partial charge >= 0.3 is 5.69 Å². The number of hydrogen-bond donors (Lipinski definition) is 2. The van der Waals surface area contributed by atoms with Crippen molar-refractivity contribution >= 4 is 34.0 Å². The molecule has 2 aromatic rings. The highest BCUT2D eigenvalue weighted by Crippen LogP contribution is 2.32. The van der Waals surface area contributed by atoms with Gasteiger partial charge in [-0.1, -0.05) is 11.6 Å². The number of halogens is 1. The Morgan fingerprint density at radius 2 is 2.35 bits per heavy atom. The molecule has 7 nitrogen and oxygen atoms in total. The first-order valence-electron chi connectivity index (χ1n) is 6.22. The van der Waals surface area contributed by atoms with Gasteiger partial charge in [0.05, 0.1) is 10.4 Å². The van der Waals surface area contributed by atoms with Crippen LogP contribution in [0.3, 0.4) is 0 Å². The maximum Gasteiger partial charge on any atom is 0.312 e. The summed E-state index contributed by atoms with van der Waals surface area (Å²) in [7, 11) is 0. The van der Waals surface area contributed by atoms with Gasteiger partial charge in [0.25, 0.3) is 0 Å². The van der Waals surface area contributed by atoms with Crippen LogP contribution in [0.2, 0.25) is 5.15 Å². The molecule has 0 amide bonds. The summed E-state index contributed by atoms with van der Waals surface area (Å²) in [5.41, 5.74) is 1.31. The van der Waals surface area contributed by atoms with Gasteiger partial charge in [0.15, 0.2) is 0 Å². The predicted molar refractivity (Wildman–Crippen MR) is 76.1 cm³/mol. The molecule has 3 rings (SSSR count). The van der Waals surface area contributed by atoms with Crippen LogP contribution in [0, 0.1) is 10.1 Å². The number of hydrogen-bond acceptors (Lipinski definition) is 6. The lowest BCUT2D eigenvalue weighted by atomic mass is 10.2. The van der Waals surface area contributed by atoms with Gasteiger partial charge < -0.3 is 10.6 Å². The Morgan fingerprint density at radius 1 is 1.50 bits per heavy atom. The van der Waals surface area contributed by atoms with E-state index in [0.717, 1.165) is 19.5 Å². The van der Waals surface area contributed by atoms with Gasteiger partial charge in [-0.15, -0.1) is 0 Å². The van der Waals surface area contributed by atoms with E-state index < -0.39 is 4.92 Å². The normalized spacial score (nSPS) is 18.4. The van der Waals surface area contributed by atoms with Crippen molar-refractivity contribution in [3.63, 3.8) is 0 Å². The fourth-order valence-corrected chi connectivity index (χ4v) is 2.44. The molecule has 8 heteroatoms. The van der Waals surface area contributed by atoms with E-state index in [2.05, 4.69) is 20.6 Å². The number of nitrogens with zero attached hydrogens (tertiary/aromatic N) is 3. The zero-order valence-corrected chi connectivity index (χ0v) is 11.2. The van der Waals surface area contributed by atoms with Crippen molar-refractivity contribution in [3.8, 4) is 0 Å². The Labute approximate surface area is 119 Å². The molecule has 2 N–H and O–H groups in total. The van der Waals surface area contributed by atoms with E-state index in [-0.39, 0.29) is 16.9 Å². The highest BCUT2D eigenvalue weighted by atomic mass is 35.5. The van der Waals surface area contributed by atoms with Crippen LogP contribution in [-0.2, 0) is 0 Å². The summed E-state index contributed by atoms with van der Waals surface area (Å²) >= 11 is 5.89. The Morgan fingerprint density at radius 3 is 3.05 bits per heavy atom. The largest absolute Gasteiger partial charge is 0.374 e. The zero-order valence-electron chi connectivity index (χ0n) is 10.5. The molecule has 104 valence electrons. The second kappa shape index (κ2) is 5.18. The van der Waals surface area contributed by atoms with E-state index in [1.165, 1.54) is 6.20 Å². The third-order valence-electron chi connectivity index (χ3n) is 3.26. The van der Waals surface area contributed by atoms with E-state index >= 15 is 0 Å². The lowest BCUT2D eigenvalue weighted by Crippen LogP contribution is -2.23. The summed E-state index contributed by atoms with van der Waals surface area (Å²) in [6.45, 7) is 1.66. The first kappa shape index (κ1) is 13.0. The van der Waals surface area contributed by atoms with Crippen molar-refractivity contribution in [1.82, 2.24) is 15.3 Å². The lowest BCUT2D eigenvalue weighted by molar-refractivity contribution is -0.384. The van der Waals surface area contributed by atoms with Crippen LogP contribution in [0.4, 0.5) is 11.4 Å².